The van der Waals surface area contributed by atoms with E-state index in [1.807, 2.05) is 0 Å². The molecule has 1 aliphatic heterocycles. The number of ether oxygens (including phenoxy) is 1. The van der Waals surface area contributed by atoms with Gasteiger partial charge in [-0.2, -0.15) is 0 Å². The Balaban J connectivity index is 1.61. The standard InChI is InChI=1S/C28H40O3/c1-3-4-12-21-13-9-8-10-19(2)28(30)26-17-24-22-14-7-5-6-11-20(22)15-16-23(24)25(26)18-27(29)31-21/h4,12,15-17,19-25H,3,5-11,13-14,18H2,1-2H3/b12-4+. The van der Waals surface area contributed by atoms with Gasteiger partial charge < -0.3 is 4.74 Å². The molecule has 0 aromatic rings. The van der Waals surface area contributed by atoms with E-state index in [1.54, 1.807) is 0 Å². The van der Waals surface area contributed by atoms with Crippen molar-refractivity contribution in [2.45, 2.75) is 90.6 Å². The van der Waals surface area contributed by atoms with Gasteiger partial charge in [0.25, 0.3) is 0 Å². The zero-order valence-corrected chi connectivity index (χ0v) is 19.4. The van der Waals surface area contributed by atoms with Gasteiger partial charge in [-0.3, -0.25) is 9.59 Å². The Morgan fingerprint density at radius 1 is 0.968 bits per heavy atom. The molecule has 170 valence electrons. The Morgan fingerprint density at radius 2 is 1.74 bits per heavy atom. The first-order chi connectivity index (χ1) is 15.1. The molecule has 7 atom stereocenters. The first kappa shape index (κ1) is 22.6. The molecule has 0 aromatic carbocycles. The van der Waals surface area contributed by atoms with Crippen LogP contribution in [0, 0.1) is 35.5 Å². The van der Waals surface area contributed by atoms with Gasteiger partial charge in [0.05, 0.1) is 6.42 Å². The van der Waals surface area contributed by atoms with Gasteiger partial charge in [0.1, 0.15) is 6.10 Å². The highest BCUT2D eigenvalue weighted by atomic mass is 16.5. The average molecular weight is 425 g/mol. The van der Waals surface area contributed by atoms with Crippen LogP contribution in [0.15, 0.2) is 36.0 Å². The van der Waals surface area contributed by atoms with E-state index in [-0.39, 0.29) is 35.6 Å². The van der Waals surface area contributed by atoms with Gasteiger partial charge in [0, 0.05) is 11.8 Å². The molecular formula is C28H40O3. The minimum Gasteiger partial charge on any atom is -0.458 e. The topological polar surface area (TPSA) is 43.4 Å². The molecule has 4 aliphatic rings. The van der Waals surface area contributed by atoms with Crippen LogP contribution in [0.1, 0.15) is 84.5 Å². The number of rotatable bonds is 2. The van der Waals surface area contributed by atoms with Gasteiger partial charge in [-0.15, -0.1) is 0 Å². The lowest BCUT2D eigenvalue weighted by Crippen LogP contribution is -2.32. The van der Waals surface area contributed by atoms with Crippen LogP contribution in [-0.4, -0.2) is 17.9 Å². The van der Waals surface area contributed by atoms with Gasteiger partial charge in [-0.1, -0.05) is 63.8 Å². The molecule has 1 saturated carbocycles. The first-order valence-electron chi connectivity index (χ1n) is 12.9. The molecule has 31 heavy (non-hydrogen) atoms. The molecule has 3 heteroatoms. The fraction of sp³-hybridized carbons (Fsp3) is 0.714. The Morgan fingerprint density at radius 3 is 2.58 bits per heavy atom. The summed E-state index contributed by atoms with van der Waals surface area (Å²) in [7, 11) is 0. The molecule has 4 rings (SSSR count). The fourth-order valence-corrected chi connectivity index (χ4v) is 6.54. The Kier molecular flexibility index (Phi) is 7.51. The molecule has 3 nitrogen and oxygen atoms in total. The third-order valence-electron chi connectivity index (χ3n) is 8.24. The van der Waals surface area contributed by atoms with Crippen LogP contribution in [0.5, 0.6) is 0 Å². The van der Waals surface area contributed by atoms with Crippen molar-refractivity contribution in [1.29, 1.82) is 0 Å². The van der Waals surface area contributed by atoms with Gasteiger partial charge >= 0.3 is 5.97 Å². The second kappa shape index (κ2) is 10.3. The van der Waals surface area contributed by atoms with Crippen molar-refractivity contribution in [1.82, 2.24) is 0 Å². The summed E-state index contributed by atoms with van der Waals surface area (Å²) in [6.07, 6.45) is 22.7. The normalized spacial score (nSPS) is 39.4. The molecule has 0 radical (unpaired) electrons. The van der Waals surface area contributed by atoms with Gasteiger partial charge in [-0.25, -0.2) is 0 Å². The van der Waals surface area contributed by atoms with Crippen molar-refractivity contribution >= 4 is 11.8 Å². The zero-order chi connectivity index (χ0) is 21.8. The lowest BCUT2D eigenvalue weighted by Gasteiger charge is -2.37. The highest BCUT2D eigenvalue weighted by Gasteiger charge is 2.46. The van der Waals surface area contributed by atoms with E-state index in [9.17, 15) is 9.59 Å². The minimum absolute atomic E-state index is 0.0110. The Bertz CT molecular complexity index is 745. The highest BCUT2D eigenvalue weighted by molar-refractivity contribution is 5.98. The summed E-state index contributed by atoms with van der Waals surface area (Å²) in [5.41, 5.74) is 0.940. The number of carbonyl (C=O) groups is 2. The number of carbonyl (C=O) groups excluding carboxylic acids is 2. The van der Waals surface area contributed by atoms with Gasteiger partial charge in [0.2, 0.25) is 0 Å². The average Bonchev–Trinajstić information content (AvgIpc) is 2.94. The number of cyclic esters (lactones) is 1. The monoisotopic (exact) mass is 424 g/mol. The van der Waals surface area contributed by atoms with Crippen LogP contribution >= 0.6 is 0 Å². The summed E-state index contributed by atoms with van der Waals surface area (Å²) in [4.78, 5) is 26.5. The van der Waals surface area contributed by atoms with Crippen molar-refractivity contribution in [2.24, 2.45) is 35.5 Å². The van der Waals surface area contributed by atoms with Crippen LogP contribution in [0.4, 0.5) is 0 Å². The number of fused-ring (bicyclic) bond motifs is 5. The molecule has 1 saturated heterocycles. The van der Waals surface area contributed by atoms with Crippen molar-refractivity contribution in [3.8, 4) is 0 Å². The minimum atomic E-state index is -0.139. The second-order valence-electron chi connectivity index (χ2n) is 10.4. The maximum atomic E-state index is 13.5. The third-order valence-corrected chi connectivity index (χ3v) is 8.24. The SMILES string of the molecule is CC/C=C/C1CCCCC(C)C(=O)C2=CC3C(C=CC4CCCCCC43)C2CC(=O)O1. The molecular weight excluding hydrogens is 384 g/mol. The molecule has 7 unspecified atom stereocenters. The Labute approximate surface area is 188 Å². The van der Waals surface area contributed by atoms with E-state index in [4.69, 9.17) is 4.74 Å². The molecule has 0 N–H and O–H groups in total. The lowest BCUT2D eigenvalue weighted by molar-refractivity contribution is -0.148. The van der Waals surface area contributed by atoms with Gasteiger partial charge in [0.15, 0.2) is 5.78 Å². The summed E-state index contributed by atoms with van der Waals surface area (Å²) in [6, 6.07) is 0. The number of allylic oxidation sites excluding steroid dienone is 5. The largest absolute Gasteiger partial charge is 0.458 e. The summed E-state index contributed by atoms with van der Waals surface area (Å²) < 4.78 is 5.91. The Hall–Kier alpha value is -1.64. The number of esters is 1. The fourth-order valence-electron chi connectivity index (χ4n) is 6.54. The van der Waals surface area contributed by atoms with E-state index >= 15 is 0 Å². The van der Waals surface area contributed by atoms with Crippen LogP contribution < -0.4 is 0 Å². The van der Waals surface area contributed by atoms with Crippen molar-refractivity contribution < 1.29 is 14.3 Å². The van der Waals surface area contributed by atoms with Gasteiger partial charge in [-0.05, 0) is 73.8 Å². The van der Waals surface area contributed by atoms with E-state index in [1.165, 1.54) is 32.1 Å². The van der Waals surface area contributed by atoms with Crippen molar-refractivity contribution in [2.75, 3.05) is 0 Å². The summed E-state index contributed by atoms with van der Waals surface area (Å²) in [5, 5.41) is 0. The van der Waals surface area contributed by atoms with Crippen molar-refractivity contribution in [3.05, 3.63) is 36.0 Å². The summed E-state index contributed by atoms with van der Waals surface area (Å²) in [5.74, 6) is 2.15. The molecule has 0 aromatic heterocycles. The van der Waals surface area contributed by atoms with Crippen LogP contribution in [-0.2, 0) is 14.3 Å². The third kappa shape index (κ3) is 5.07. The lowest BCUT2D eigenvalue weighted by atomic mass is 9.67. The molecule has 1 heterocycles. The molecule has 0 amide bonds. The summed E-state index contributed by atoms with van der Waals surface area (Å²) in [6.45, 7) is 4.19. The number of Topliss-reactive ketones (excluding diaryl/α,β-unsaturated/α-hetero) is 1. The second-order valence-corrected chi connectivity index (χ2v) is 10.4. The van der Waals surface area contributed by atoms with E-state index < -0.39 is 0 Å². The maximum Gasteiger partial charge on any atom is 0.307 e. The number of ketones is 1. The molecule has 2 fully saturated rings. The molecule has 0 spiro atoms. The molecule has 3 aliphatic carbocycles. The van der Waals surface area contributed by atoms with Crippen LogP contribution in [0.2, 0.25) is 0 Å². The number of hydrogen-bond acceptors (Lipinski definition) is 3. The smallest absolute Gasteiger partial charge is 0.307 e. The van der Waals surface area contributed by atoms with E-state index in [2.05, 4.69) is 44.2 Å². The van der Waals surface area contributed by atoms with Crippen molar-refractivity contribution in [3.63, 3.8) is 0 Å². The maximum absolute atomic E-state index is 13.5. The van der Waals surface area contributed by atoms with Crippen LogP contribution in [0.25, 0.3) is 0 Å². The molecule has 0 bridgehead atoms. The first-order valence-corrected chi connectivity index (χ1v) is 12.9. The zero-order valence-electron chi connectivity index (χ0n) is 19.4. The summed E-state index contributed by atoms with van der Waals surface area (Å²) >= 11 is 0. The van der Waals surface area contributed by atoms with E-state index in [0.717, 1.165) is 37.7 Å². The predicted octanol–water partition coefficient (Wildman–Crippen LogP) is 6.59. The van der Waals surface area contributed by atoms with Crippen LogP contribution in [0.3, 0.4) is 0 Å². The predicted molar refractivity (Wildman–Crippen MR) is 124 cm³/mol. The van der Waals surface area contributed by atoms with E-state index in [0.29, 0.717) is 24.2 Å². The number of hydrogen-bond donors (Lipinski definition) is 0. The quantitative estimate of drug-likeness (QED) is 0.371. The highest BCUT2D eigenvalue weighted by Crippen LogP contribution is 2.52.